The molecular formula is C25H33N5O2. The van der Waals surface area contributed by atoms with Gasteiger partial charge >= 0.3 is 6.09 Å². The van der Waals surface area contributed by atoms with Gasteiger partial charge in [-0.1, -0.05) is 24.3 Å². The molecule has 1 aromatic heterocycles. The summed E-state index contributed by atoms with van der Waals surface area (Å²) in [4.78, 5) is 14.4. The summed E-state index contributed by atoms with van der Waals surface area (Å²) < 4.78 is 5.36. The number of likely N-dealkylation sites (tertiary alicyclic amines) is 1. The number of rotatable bonds is 6. The Hall–Kier alpha value is -3.06. The number of alkyl carbamates (subject to hydrolysis) is 1. The molecule has 7 nitrogen and oxygen atoms in total. The third-order valence-electron chi connectivity index (χ3n) is 5.64. The molecule has 32 heavy (non-hydrogen) atoms. The smallest absolute Gasteiger partial charge is 0.407 e. The quantitative estimate of drug-likeness (QED) is 0.524. The Balaban J connectivity index is 1.24. The fraction of sp³-hybridized carbons (Fsp3) is 0.440. The molecule has 4 rings (SSSR count). The monoisotopic (exact) mass is 435 g/mol. The largest absolute Gasteiger partial charge is 0.445 e. The van der Waals surface area contributed by atoms with Crippen molar-refractivity contribution in [1.82, 2.24) is 20.4 Å². The molecule has 3 N–H and O–H groups in total. The fourth-order valence-corrected chi connectivity index (χ4v) is 4.07. The van der Waals surface area contributed by atoms with Gasteiger partial charge in [0, 0.05) is 42.3 Å². The zero-order valence-electron chi connectivity index (χ0n) is 19.1. The highest BCUT2D eigenvalue weighted by molar-refractivity contribution is 5.81. The zero-order chi connectivity index (χ0) is 22.6. The highest BCUT2D eigenvalue weighted by Crippen LogP contribution is 2.21. The Labute approximate surface area is 189 Å². The number of H-pyrrole nitrogens is 1. The van der Waals surface area contributed by atoms with E-state index < -0.39 is 0 Å². The lowest BCUT2D eigenvalue weighted by Crippen LogP contribution is -2.40. The summed E-state index contributed by atoms with van der Waals surface area (Å²) in [6, 6.07) is 15.1. The van der Waals surface area contributed by atoms with Crippen LogP contribution in [0.1, 0.15) is 44.7 Å². The summed E-state index contributed by atoms with van der Waals surface area (Å²) in [5, 5.41) is 14.7. The minimum absolute atomic E-state index is 0.281. The molecule has 1 amide bonds. The van der Waals surface area contributed by atoms with Crippen LogP contribution in [-0.4, -0.2) is 45.9 Å². The van der Waals surface area contributed by atoms with E-state index in [4.69, 9.17) is 4.74 Å². The Bertz CT molecular complexity index is 1050. The summed E-state index contributed by atoms with van der Waals surface area (Å²) in [6.07, 6.45) is 3.70. The Morgan fingerprint density at radius 1 is 1.16 bits per heavy atom. The van der Waals surface area contributed by atoms with Crippen LogP contribution in [0.4, 0.5) is 10.5 Å². The van der Waals surface area contributed by atoms with Crippen LogP contribution < -0.4 is 10.6 Å². The van der Waals surface area contributed by atoms with Gasteiger partial charge in [-0.05, 0) is 62.9 Å². The van der Waals surface area contributed by atoms with Crippen molar-refractivity contribution >= 4 is 22.7 Å². The van der Waals surface area contributed by atoms with E-state index in [2.05, 4.69) is 56.1 Å². The molecule has 0 aliphatic carbocycles. The van der Waals surface area contributed by atoms with E-state index in [1.165, 1.54) is 5.56 Å². The number of hydrogen-bond acceptors (Lipinski definition) is 5. The average molecular weight is 436 g/mol. The molecule has 1 aliphatic heterocycles. The Morgan fingerprint density at radius 2 is 1.94 bits per heavy atom. The number of fused-ring (bicyclic) bond motifs is 1. The van der Waals surface area contributed by atoms with Crippen LogP contribution in [0.2, 0.25) is 0 Å². The molecule has 1 aliphatic rings. The van der Waals surface area contributed by atoms with Gasteiger partial charge in [-0.2, -0.15) is 5.10 Å². The van der Waals surface area contributed by atoms with Crippen LogP contribution in [0.3, 0.4) is 0 Å². The molecule has 0 spiro atoms. The van der Waals surface area contributed by atoms with E-state index in [-0.39, 0.29) is 18.2 Å². The molecular weight excluding hydrogens is 402 g/mol. The maximum Gasteiger partial charge on any atom is 0.407 e. The van der Waals surface area contributed by atoms with Gasteiger partial charge in [0.2, 0.25) is 0 Å². The molecule has 2 aromatic carbocycles. The van der Waals surface area contributed by atoms with Crippen LogP contribution >= 0.6 is 0 Å². The van der Waals surface area contributed by atoms with E-state index in [9.17, 15) is 4.79 Å². The van der Waals surface area contributed by atoms with Gasteiger partial charge in [-0.25, -0.2) is 4.79 Å². The Morgan fingerprint density at radius 3 is 2.72 bits per heavy atom. The van der Waals surface area contributed by atoms with Gasteiger partial charge in [-0.15, -0.1) is 0 Å². The van der Waals surface area contributed by atoms with Crippen molar-refractivity contribution in [2.75, 3.05) is 18.4 Å². The molecule has 0 atom stereocenters. The summed E-state index contributed by atoms with van der Waals surface area (Å²) in [6.45, 7) is 9.11. The first-order valence-electron chi connectivity index (χ1n) is 11.3. The summed E-state index contributed by atoms with van der Waals surface area (Å²) in [7, 11) is 0. The van der Waals surface area contributed by atoms with Crippen molar-refractivity contribution < 1.29 is 9.53 Å². The van der Waals surface area contributed by atoms with Crippen molar-refractivity contribution in [3.05, 3.63) is 59.8 Å². The lowest BCUT2D eigenvalue weighted by Gasteiger charge is -2.33. The van der Waals surface area contributed by atoms with Crippen molar-refractivity contribution in [2.24, 2.45) is 0 Å². The second kappa shape index (κ2) is 9.61. The van der Waals surface area contributed by atoms with Gasteiger partial charge in [0.15, 0.2) is 0 Å². The normalized spacial score (nSPS) is 15.6. The predicted molar refractivity (Wildman–Crippen MR) is 128 cm³/mol. The first-order valence-corrected chi connectivity index (χ1v) is 11.3. The number of amides is 1. The van der Waals surface area contributed by atoms with Crippen LogP contribution in [0, 0.1) is 0 Å². The first kappa shape index (κ1) is 22.1. The molecule has 170 valence electrons. The number of carbonyl (C=O) groups is 1. The number of piperidine rings is 1. The summed E-state index contributed by atoms with van der Waals surface area (Å²) >= 11 is 0. The molecule has 1 saturated heterocycles. The van der Waals surface area contributed by atoms with E-state index in [1.807, 2.05) is 39.1 Å². The number of hydrogen-bond donors (Lipinski definition) is 3. The van der Waals surface area contributed by atoms with Crippen molar-refractivity contribution in [1.29, 1.82) is 0 Å². The molecule has 0 saturated carbocycles. The fourth-order valence-electron chi connectivity index (χ4n) is 4.07. The maximum absolute atomic E-state index is 11.9. The molecule has 0 unspecified atom stereocenters. The molecule has 7 heteroatoms. The van der Waals surface area contributed by atoms with Crippen molar-refractivity contribution in [3.63, 3.8) is 0 Å². The number of ether oxygens (including phenoxy) is 1. The van der Waals surface area contributed by atoms with Gasteiger partial charge in [0.25, 0.3) is 0 Å². The van der Waals surface area contributed by atoms with Crippen LogP contribution in [0.5, 0.6) is 0 Å². The van der Waals surface area contributed by atoms with E-state index in [0.717, 1.165) is 54.6 Å². The molecule has 0 bridgehead atoms. The van der Waals surface area contributed by atoms with Gasteiger partial charge < -0.3 is 15.4 Å². The van der Waals surface area contributed by atoms with Crippen molar-refractivity contribution in [2.45, 2.75) is 58.3 Å². The number of carbonyl (C=O) groups excluding carboxylic acids is 1. The maximum atomic E-state index is 11.9. The highest BCUT2D eigenvalue weighted by atomic mass is 16.5. The first-order chi connectivity index (χ1) is 15.3. The third-order valence-corrected chi connectivity index (χ3v) is 5.64. The van der Waals surface area contributed by atoms with Gasteiger partial charge in [-0.3, -0.25) is 10.00 Å². The topological polar surface area (TPSA) is 82.3 Å². The lowest BCUT2D eigenvalue weighted by atomic mass is 10.0. The molecule has 2 heterocycles. The van der Waals surface area contributed by atoms with Crippen LogP contribution in [-0.2, 0) is 17.9 Å². The van der Waals surface area contributed by atoms with Gasteiger partial charge in [0.1, 0.15) is 6.61 Å². The molecule has 3 aromatic rings. The standard InChI is InChI=1S/C25H33N5O2/c1-25(2,3)28-24(31)32-17-19-6-4-5-18(13-19)16-30-11-9-21(10-12-30)27-22-7-8-23-20(14-22)15-26-29-23/h4-8,13-15,21,27H,9-12,16-17H2,1-3H3,(H,26,29)(H,28,31). The number of nitrogens with zero attached hydrogens (tertiary/aromatic N) is 2. The number of aromatic nitrogens is 2. The Kier molecular flexibility index (Phi) is 6.65. The zero-order valence-corrected chi connectivity index (χ0v) is 19.1. The van der Waals surface area contributed by atoms with Gasteiger partial charge in [0.05, 0.1) is 11.7 Å². The van der Waals surface area contributed by atoms with E-state index in [0.29, 0.717) is 6.04 Å². The number of benzene rings is 2. The summed E-state index contributed by atoms with van der Waals surface area (Å²) in [5.41, 5.74) is 4.18. The van der Waals surface area contributed by atoms with Crippen LogP contribution in [0.15, 0.2) is 48.7 Å². The summed E-state index contributed by atoms with van der Waals surface area (Å²) in [5.74, 6) is 0. The number of nitrogens with one attached hydrogen (secondary N) is 3. The second-order valence-electron chi connectivity index (χ2n) is 9.64. The third kappa shape index (κ3) is 6.23. The second-order valence-corrected chi connectivity index (χ2v) is 9.64. The van der Waals surface area contributed by atoms with E-state index >= 15 is 0 Å². The predicted octanol–water partition coefficient (Wildman–Crippen LogP) is 4.66. The minimum Gasteiger partial charge on any atom is -0.445 e. The molecule has 0 radical (unpaired) electrons. The van der Waals surface area contributed by atoms with Crippen molar-refractivity contribution in [3.8, 4) is 0 Å². The highest BCUT2D eigenvalue weighted by Gasteiger charge is 2.19. The minimum atomic E-state index is -0.385. The lowest BCUT2D eigenvalue weighted by molar-refractivity contribution is 0.131. The molecule has 1 fully saturated rings. The van der Waals surface area contributed by atoms with Crippen LogP contribution in [0.25, 0.3) is 10.9 Å². The average Bonchev–Trinajstić information content (AvgIpc) is 3.21. The number of anilines is 1. The SMILES string of the molecule is CC(C)(C)NC(=O)OCc1cccc(CN2CCC(Nc3ccc4[nH]ncc4c3)CC2)c1. The number of aromatic amines is 1. The van der Waals surface area contributed by atoms with E-state index in [1.54, 1.807) is 0 Å².